The fraction of sp³-hybridized carbons (Fsp3) is 0.278. The van der Waals surface area contributed by atoms with Crippen LogP contribution in [0.25, 0.3) is 22.3 Å². The highest BCUT2D eigenvalue weighted by Crippen LogP contribution is 2.36. The minimum atomic E-state index is 0.713. The van der Waals surface area contributed by atoms with Crippen molar-refractivity contribution < 1.29 is 0 Å². The van der Waals surface area contributed by atoms with Gasteiger partial charge in [-0.25, -0.2) is 0 Å². The van der Waals surface area contributed by atoms with Crippen LogP contribution in [-0.2, 0) is 6.42 Å². The molecule has 0 spiro atoms. The number of unbranched alkanes of at least 4 members (excludes halogenated alkanes) is 1. The molecule has 0 unspecified atom stereocenters. The molecular formula is C18H19BrClN3. The molecule has 0 radical (unpaired) electrons. The van der Waals surface area contributed by atoms with Crippen molar-refractivity contribution in [2.45, 2.75) is 26.2 Å². The number of hydrogen-bond donors (Lipinski definition) is 2. The third kappa shape index (κ3) is 3.44. The van der Waals surface area contributed by atoms with Crippen molar-refractivity contribution in [2.75, 3.05) is 6.54 Å². The second-order valence-electron chi connectivity index (χ2n) is 5.76. The number of nitrogens with one attached hydrogen (secondary N) is 1. The second-order valence-corrected chi connectivity index (χ2v) is 7.08. The summed E-state index contributed by atoms with van der Waals surface area (Å²) in [6, 6.07) is 8.16. The maximum atomic E-state index is 6.42. The van der Waals surface area contributed by atoms with Crippen molar-refractivity contribution in [3.05, 3.63) is 51.1 Å². The molecule has 0 saturated carbocycles. The summed E-state index contributed by atoms with van der Waals surface area (Å²) in [4.78, 5) is 8.05. The molecule has 0 saturated heterocycles. The van der Waals surface area contributed by atoms with Crippen LogP contribution in [0.15, 0.2) is 34.9 Å². The summed E-state index contributed by atoms with van der Waals surface area (Å²) in [6.45, 7) is 2.75. The molecule has 0 atom stereocenters. The quantitative estimate of drug-likeness (QED) is 0.584. The first kappa shape index (κ1) is 16.5. The van der Waals surface area contributed by atoms with Gasteiger partial charge in [0.1, 0.15) is 0 Å². The van der Waals surface area contributed by atoms with E-state index < -0.39 is 0 Å². The summed E-state index contributed by atoms with van der Waals surface area (Å²) in [6.07, 6.45) is 4.90. The third-order valence-corrected chi connectivity index (χ3v) is 4.74. The Bertz CT molecular complexity index is 824. The highest BCUT2D eigenvalue weighted by molar-refractivity contribution is 9.10. The van der Waals surface area contributed by atoms with Gasteiger partial charge in [0, 0.05) is 16.1 Å². The van der Waals surface area contributed by atoms with Gasteiger partial charge in [-0.05, 0) is 62.1 Å². The summed E-state index contributed by atoms with van der Waals surface area (Å²) in [5, 5.41) is 1.87. The van der Waals surface area contributed by atoms with Crippen molar-refractivity contribution in [3.8, 4) is 11.4 Å². The van der Waals surface area contributed by atoms with Crippen LogP contribution in [0, 0.1) is 6.92 Å². The van der Waals surface area contributed by atoms with Gasteiger partial charge in [0.2, 0.25) is 0 Å². The molecule has 3 aromatic rings. The number of fused-ring (bicyclic) bond motifs is 1. The molecule has 0 fully saturated rings. The molecule has 5 heteroatoms. The van der Waals surface area contributed by atoms with E-state index in [0.717, 1.165) is 51.6 Å². The molecule has 2 aromatic heterocycles. The fourth-order valence-corrected chi connectivity index (χ4v) is 3.67. The molecule has 3 N–H and O–H groups in total. The summed E-state index contributed by atoms with van der Waals surface area (Å²) in [5.41, 5.74) is 11.0. The van der Waals surface area contributed by atoms with E-state index in [9.17, 15) is 0 Å². The predicted octanol–water partition coefficient (Wildman–Crippen LogP) is 5.24. The van der Waals surface area contributed by atoms with Crippen LogP contribution >= 0.6 is 27.5 Å². The van der Waals surface area contributed by atoms with E-state index in [1.807, 2.05) is 19.2 Å². The van der Waals surface area contributed by atoms with Crippen LogP contribution in [0.2, 0.25) is 5.02 Å². The van der Waals surface area contributed by atoms with Crippen LogP contribution in [0.4, 0.5) is 0 Å². The van der Waals surface area contributed by atoms with Crippen LogP contribution in [-0.4, -0.2) is 16.5 Å². The molecule has 0 aliphatic carbocycles. The second kappa shape index (κ2) is 7.04. The zero-order chi connectivity index (χ0) is 16.4. The molecule has 1 aromatic carbocycles. The standard InChI is InChI=1S/C18H19BrClN3/c1-11-5-6-16(22-10-11)18-13(4-2-3-7-21)14-8-12(19)9-15(20)17(14)23-18/h5-6,8-10,23H,2-4,7,21H2,1H3. The third-order valence-electron chi connectivity index (χ3n) is 3.98. The first-order valence-electron chi connectivity index (χ1n) is 7.73. The summed E-state index contributed by atoms with van der Waals surface area (Å²) in [7, 11) is 0. The largest absolute Gasteiger partial charge is 0.352 e. The minimum Gasteiger partial charge on any atom is -0.352 e. The summed E-state index contributed by atoms with van der Waals surface area (Å²) < 4.78 is 0.984. The van der Waals surface area contributed by atoms with Crippen molar-refractivity contribution in [1.29, 1.82) is 0 Å². The summed E-state index contributed by atoms with van der Waals surface area (Å²) in [5.74, 6) is 0. The Kier molecular flexibility index (Phi) is 5.05. The van der Waals surface area contributed by atoms with Gasteiger partial charge in [-0.3, -0.25) is 4.98 Å². The van der Waals surface area contributed by atoms with Crippen LogP contribution in [0.1, 0.15) is 24.0 Å². The predicted molar refractivity (Wildman–Crippen MR) is 101 cm³/mol. The molecule has 23 heavy (non-hydrogen) atoms. The molecule has 2 heterocycles. The van der Waals surface area contributed by atoms with Gasteiger partial charge in [0.05, 0.1) is 21.9 Å². The molecule has 0 aliphatic heterocycles. The van der Waals surface area contributed by atoms with Crippen molar-refractivity contribution >= 4 is 38.4 Å². The SMILES string of the molecule is Cc1ccc(-c2[nH]c3c(Cl)cc(Br)cc3c2CCCCN)nc1. The van der Waals surface area contributed by atoms with Gasteiger partial charge in [-0.1, -0.05) is 33.6 Å². The zero-order valence-electron chi connectivity index (χ0n) is 13.0. The normalized spacial score (nSPS) is 11.3. The molecule has 0 aliphatic rings. The van der Waals surface area contributed by atoms with Gasteiger partial charge < -0.3 is 10.7 Å². The zero-order valence-corrected chi connectivity index (χ0v) is 15.3. The number of pyridine rings is 1. The van der Waals surface area contributed by atoms with Gasteiger partial charge in [-0.2, -0.15) is 0 Å². The lowest BCUT2D eigenvalue weighted by Gasteiger charge is -2.05. The average Bonchev–Trinajstić information content (AvgIpc) is 2.87. The number of hydrogen-bond acceptors (Lipinski definition) is 2. The highest BCUT2D eigenvalue weighted by atomic mass is 79.9. The maximum absolute atomic E-state index is 6.42. The van der Waals surface area contributed by atoms with E-state index in [1.54, 1.807) is 0 Å². The molecular weight excluding hydrogens is 374 g/mol. The Labute approximate surface area is 149 Å². The van der Waals surface area contributed by atoms with E-state index in [2.05, 4.69) is 44.1 Å². The molecule has 0 bridgehead atoms. The van der Waals surface area contributed by atoms with Crippen molar-refractivity contribution in [2.24, 2.45) is 5.73 Å². The monoisotopic (exact) mass is 391 g/mol. The number of H-pyrrole nitrogens is 1. The number of rotatable bonds is 5. The Morgan fingerprint density at radius 2 is 2.09 bits per heavy atom. The van der Waals surface area contributed by atoms with E-state index in [4.69, 9.17) is 17.3 Å². The molecule has 3 nitrogen and oxygen atoms in total. The first-order chi connectivity index (χ1) is 11.1. The van der Waals surface area contributed by atoms with Gasteiger partial charge in [0.25, 0.3) is 0 Å². The van der Waals surface area contributed by atoms with E-state index in [1.165, 1.54) is 5.56 Å². The Morgan fingerprint density at radius 3 is 2.78 bits per heavy atom. The van der Waals surface area contributed by atoms with Crippen LogP contribution < -0.4 is 5.73 Å². The lowest BCUT2D eigenvalue weighted by molar-refractivity contribution is 0.748. The Morgan fingerprint density at radius 1 is 1.26 bits per heavy atom. The van der Waals surface area contributed by atoms with Gasteiger partial charge in [-0.15, -0.1) is 0 Å². The van der Waals surface area contributed by atoms with E-state index in [0.29, 0.717) is 11.6 Å². The van der Waals surface area contributed by atoms with E-state index in [-0.39, 0.29) is 0 Å². The lowest BCUT2D eigenvalue weighted by Crippen LogP contribution is -1.99. The fourth-order valence-electron chi connectivity index (χ4n) is 2.81. The van der Waals surface area contributed by atoms with Gasteiger partial charge in [0.15, 0.2) is 0 Å². The highest BCUT2D eigenvalue weighted by Gasteiger charge is 2.16. The number of halogens is 2. The smallest absolute Gasteiger partial charge is 0.0867 e. The van der Waals surface area contributed by atoms with Crippen molar-refractivity contribution in [3.63, 3.8) is 0 Å². The number of aromatic nitrogens is 2. The Hall–Kier alpha value is -1.36. The van der Waals surface area contributed by atoms with E-state index >= 15 is 0 Å². The first-order valence-corrected chi connectivity index (χ1v) is 8.90. The van der Waals surface area contributed by atoms with Gasteiger partial charge >= 0.3 is 0 Å². The number of nitrogens with two attached hydrogens (primary N) is 1. The molecule has 0 amide bonds. The topological polar surface area (TPSA) is 54.7 Å². The number of benzene rings is 1. The maximum Gasteiger partial charge on any atom is 0.0867 e. The van der Waals surface area contributed by atoms with Crippen molar-refractivity contribution in [1.82, 2.24) is 9.97 Å². The molecule has 3 rings (SSSR count). The van der Waals surface area contributed by atoms with Crippen LogP contribution in [0.5, 0.6) is 0 Å². The number of aromatic amines is 1. The van der Waals surface area contributed by atoms with Crippen LogP contribution in [0.3, 0.4) is 0 Å². The number of aryl methyl sites for hydroxylation is 2. The lowest BCUT2D eigenvalue weighted by atomic mass is 10.0. The average molecular weight is 393 g/mol. The molecule has 120 valence electrons. The summed E-state index contributed by atoms with van der Waals surface area (Å²) >= 11 is 9.96. The number of nitrogens with zero attached hydrogens (tertiary/aromatic N) is 1. The minimum absolute atomic E-state index is 0.713. The Balaban J connectivity index is 2.16.